The van der Waals surface area contributed by atoms with Crippen LogP contribution in [-0.4, -0.2) is 25.9 Å². The number of rotatable bonds is 2. The first-order valence-corrected chi connectivity index (χ1v) is 5.77. The maximum atomic E-state index is 12.8. The Balaban J connectivity index is 2.25. The smallest absolute Gasteiger partial charge is 0.383 e. The molecule has 0 atom stereocenters. The van der Waals surface area contributed by atoms with Gasteiger partial charge in [0.25, 0.3) is 0 Å². The number of imidazole rings is 1. The first-order valence-electron chi connectivity index (χ1n) is 5.77. The monoisotopic (exact) mass is 281 g/mol. The van der Waals surface area contributed by atoms with E-state index in [4.69, 9.17) is 5.73 Å². The topological polar surface area (TPSA) is 72.5 Å². The predicted octanol–water partition coefficient (Wildman–Crippen LogP) is 2.57. The van der Waals surface area contributed by atoms with Gasteiger partial charge in [0.05, 0.1) is 22.8 Å². The van der Waals surface area contributed by atoms with Crippen molar-refractivity contribution in [3.05, 3.63) is 30.5 Å². The number of nitrogens with one attached hydrogen (secondary N) is 1. The highest BCUT2D eigenvalue weighted by atomic mass is 19.4. The highest BCUT2D eigenvalue weighted by Crippen LogP contribution is 2.30. The van der Waals surface area contributed by atoms with E-state index < -0.39 is 12.7 Å². The number of alkyl halides is 3. The summed E-state index contributed by atoms with van der Waals surface area (Å²) in [5.74, 6) is 0.332. The van der Waals surface area contributed by atoms with Crippen LogP contribution >= 0.6 is 0 Å². The van der Waals surface area contributed by atoms with Crippen LogP contribution in [0.5, 0.6) is 0 Å². The molecule has 0 saturated carbocycles. The molecule has 0 unspecified atom stereocenters. The van der Waals surface area contributed by atoms with E-state index in [1.807, 2.05) is 0 Å². The van der Waals surface area contributed by atoms with Gasteiger partial charge in [-0.05, 0) is 12.1 Å². The summed E-state index contributed by atoms with van der Waals surface area (Å²) in [5, 5.41) is 6.22. The normalized spacial score (nSPS) is 12.2. The molecule has 3 rings (SSSR count). The zero-order valence-corrected chi connectivity index (χ0v) is 10.1. The molecular formula is C12H10F3N5. The van der Waals surface area contributed by atoms with Gasteiger partial charge in [-0.2, -0.15) is 18.3 Å². The van der Waals surface area contributed by atoms with E-state index in [1.165, 1.54) is 6.20 Å². The number of nitrogens with two attached hydrogens (primary N) is 1. The van der Waals surface area contributed by atoms with Crippen LogP contribution in [-0.2, 0) is 6.54 Å². The maximum absolute atomic E-state index is 12.8. The molecule has 5 nitrogen and oxygen atoms in total. The molecular weight excluding hydrogens is 271 g/mol. The minimum atomic E-state index is -4.35. The lowest BCUT2D eigenvalue weighted by Crippen LogP contribution is -2.18. The fourth-order valence-electron chi connectivity index (χ4n) is 2.09. The summed E-state index contributed by atoms with van der Waals surface area (Å²) in [4.78, 5) is 4.22. The predicted molar refractivity (Wildman–Crippen MR) is 67.8 cm³/mol. The largest absolute Gasteiger partial charge is 0.406 e. The summed E-state index contributed by atoms with van der Waals surface area (Å²) in [6.45, 7) is -1.13. The summed E-state index contributed by atoms with van der Waals surface area (Å²) in [6, 6.07) is 6.63. The number of halogens is 3. The molecule has 0 radical (unpaired) electrons. The van der Waals surface area contributed by atoms with Crippen LogP contribution in [0.4, 0.5) is 19.0 Å². The van der Waals surface area contributed by atoms with Gasteiger partial charge < -0.3 is 10.3 Å². The lowest BCUT2D eigenvalue weighted by atomic mass is 10.3. The van der Waals surface area contributed by atoms with Crippen molar-refractivity contribution in [2.75, 3.05) is 5.73 Å². The lowest BCUT2D eigenvalue weighted by molar-refractivity contribution is -0.139. The fourth-order valence-corrected chi connectivity index (χ4v) is 2.09. The van der Waals surface area contributed by atoms with E-state index in [9.17, 15) is 13.2 Å². The van der Waals surface area contributed by atoms with E-state index >= 15 is 0 Å². The van der Waals surface area contributed by atoms with Gasteiger partial charge in [0.2, 0.25) is 0 Å². The molecule has 1 aromatic carbocycles. The number of benzene rings is 1. The quantitative estimate of drug-likeness (QED) is 0.758. The molecule has 0 aliphatic heterocycles. The van der Waals surface area contributed by atoms with Crippen molar-refractivity contribution in [2.45, 2.75) is 12.7 Å². The molecule has 2 aromatic heterocycles. The van der Waals surface area contributed by atoms with Crippen molar-refractivity contribution in [1.82, 2.24) is 19.7 Å². The van der Waals surface area contributed by atoms with Crippen LogP contribution in [0.15, 0.2) is 30.5 Å². The van der Waals surface area contributed by atoms with Crippen LogP contribution in [0.25, 0.3) is 22.4 Å². The minimum Gasteiger partial charge on any atom is -0.383 e. The average Bonchev–Trinajstić information content (AvgIpc) is 2.92. The maximum Gasteiger partial charge on any atom is 0.406 e. The Hall–Kier alpha value is -2.51. The highest BCUT2D eigenvalue weighted by molar-refractivity contribution is 5.82. The Bertz CT molecular complexity index is 756. The van der Waals surface area contributed by atoms with E-state index in [1.54, 1.807) is 24.3 Å². The van der Waals surface area contributed by atoms with Crippen LogP contribution in [0.3, 0.4) is 0 Å². The summed E-state index contributed by atoms with van der Waals surface area (Å²) >= 11 is 0. The molecule has 0 aliphatic rings. The third-order valence-electron chi connectivity index (χ3n) is 2.90. The molecule has 2 heterocycles. The number of para-hydroxylation sites is 2. The summed E-state index contributed by atoms with van der Waals surface area (Å²) in [6.07, 6.45) is -2.99. The van der Waals surface area contributed by atoms with E-state index in [0.717, 1.165) is 4.57 Å². The van der Waals surface area contributed by atoms with E-state index in [-0.39, 0.29) is 11.6 Å². The second-order valence-corrected chi connectivity index (χ2v) is 4.32. The summed E-state index contributed by atoms with van der Waals surface area (Å²) < 4.78 is 39.4. The van der Waals surface area contributed by atoms with Gasteiger partial charge in [0.15, 0.2) is 0 Å². The third kappa shape index (κ3) is 2.09. The number of aromatic amines is 1. The molecule has 0 fully saturated rings. The van der Waals surface area contributed by atoms with Crippen molar-refractivity contribution < 1.29 is 13.2 Å². The van der Waals surface area contributed by atoms with Crippen molar-refractivity contribution in [1.29, 1.82) is 0 Å². The number of nitrogens with zero attached hydrogens (tertiary/aromatic N) is 3. The van der Waals surface area contributed by atoms with Crippen molar-refractivity contribution >= 4 is 16.9 Å². The number of H-pyrrole nitrogens is 1. The molecule has 104 valence electrons. The van der Waals surface area contributed by atoms with Crippen molar-refractivity contribution in [3.8, 4) is 11.4 Å². The summed E-state index contributed by atoms with van der Waals surface area (Å²) in [7, 11) is 0. The minimum absolute atomic E-state index is 0.148. The number of aromatic nitrogens is 4. The van der Waals surface area contributed by atoms with Gasteiger partial charge in [0, 0.05) is 0 Å². The second kappa shape index (κ2) is 4.26. The Morgan fingerprint density at radius 3 is 2.65 bits per heavy atom. The number of fused-ring (bicyclic) bond motifs is 1. The lowest BCUT2D eigenvalue weighted by Gasteiger charge is -2.11. The van der Waals surface area contributed by atoms with Gasteiger partial charge in [-0.15, -0.1) is 0 Å². The summed E-state index contributed by atoms with van der Waals surface area (Å²) in [5.41, 5.74) is 6.91. The molecule has 0 spiro atoms. The van der Waals surface area contributed by atoms with Gasteiger partial charge >= 0.3 is 6.18 Å². The van der Waals surface area contributed by atoms with Crippen LogP contribution in [0, 0.1) is 0 Å². The first-order chi connectivity index (χ1) is 9.46. The molecule has 0 aliphatic carbocycles. The SMILES string of the molecule is Nc1[nH]ncc1-c1nc2ccccc2n1CC(F)(F)F. The molecule has 3 aromatic rings. The van der Waals surface area contributed by atoms with Crippen molar-refractivity contribution in [3.63, 3.8) is 0 Å². The zero-order chi connectivity index (χ0) is 14.3. The highest BCUT2D eigenvalue weighted by Gasteiger charge is 2.31. The Morgan fingerprint density at radius 2 is 2.00 bits per heavy atom. The molecule has 0 saturated heterocycles. The Morgan fingerprint density at radius 1 is 1.25 bits per heavy atom. The zero-order valence-electron chi connectivity index (χ0n) is 10.1. The van der Waals surface area contributed by atoms with Gasteiger partial charge in [-0.1, -0.05) is 12.1 Å². The average molecular weight is 281 g/mol. The van der Waals surface area contributed by atoms with E-state index in [0.29, 0.717) is 16.6 Å². The second-order valence-electron chi connectivity index (χ2n) is 4.32. The van der Waals surface area contributed by atoms with Gasteiger partial charge in [-0.3, -0.25) is 5.10 Å². The number of nitrogen functional groups attached to an aromatic ring is 1. The molecule has 8 heteroatoms. The first kappa shape index (κ1) is 12.5. The van der Waals surface area contributed by atoms with Crippen LogP contribution in [0.2, 0.25) is 0 Å². The molecule has 0 amide bonds. The molecule has 20 heavy (non-hydrogen) atoms. The fraction of sp³-hybridized carbons (Fsp3) is 0.167. The van der Waals surface area contributed by atoms with Crippen LogP contribution < -0.4 is 5.73 Å². The van der Waals surface area contributed by atoms with Gasteiger partial charge in [0.1, 0.15) is 18.2 Å². The Labute approximate surface area is 111 Å². The number of anilines is 1. The van der Waals surface area contributed by atoms with Crippen molar-refractivity contribution in [2.24, 2.45) is 0 Å². The Kier molecular flexibility index (Phi) is 2.66. The van der Waals surface area contributed by atoms with Gasteiger partial charge in [-0.25, -0.2) is 4.98 Å². The number of hydrogen-bond acceptors (Lipinski definition) is 3. The third-order valence-corrected chi connectivity index (χ3v) is 2.90. The van der Waals surface area contributed by atoms with Crippen LogP contribution in [0.1, 0.15) is 0 Å². The molecule has 0 bridgehead atoms. The molecule has 3 N–H and O–H groups in total. The number of hydrogen-bond donors (Lipinski definition) is 2. The standard InChI is InChI=1S/C12H10F3N5/c13-12(14,15)6-20-9-4-2-1-3-8(9)18-11(20)7-5-17-19-10(7)16/h1-5H,6H2,(H3,16,17,19). The van der Waals surface area contributed by atoms with E-state index in [2.05, 4.69) is 15.2 Å².